The fourth-order valence-electron chi connectivity index (χ4n) is 3.65. The Morgan fingerprint density at radius 3 is 2.96 bits per heavy atom. The molecule has 132 valence electrons. The Morgan fingerprint density at radius 1 is 1.29 bits per heavy atom. The lowest BCUT2D eigenvalue weighted by Crippen LogP contribution is -2.56. The fraction of sp³-hybridized carbons (Fsp3) is 0.647. The van der Waals surface area contributed by atoms with E-state index in [1.807, 2.05) is 0 Å². The van der Waals surface area contributed by atoms with Gasteiger partial charge in [-0.15, -0.1) is 0 Å². The van der Waals surface area contributed by atoms with Gasteiger partial charge in [0, 0.05) is 38.3 Å². The number of nitrogens with zero attached hydrogens (tertiary/aromatic N) is 3. The third kappa shape index (κ3) is 4.23. The summed E-state index contributed by atoms with van der Waals surface area (Å²) in [5.74, 6) is 0.207. The summed E-state index contributed by atoms with van der Waals surface area (Å²) in [6.07, 6.45) is 3.17. The fourth-order valence-corrected chi connectivity index (χ4v) is 3.65. The van der Waals surface area contributed by atoms with Crippen molar-refractivity contribution >= 4 is 5.69 Å². The molecule has 0 unspecified atom stereocenters. The number of aliphatic hydroxyl groups is 1. The highest BCUT2D eigenvalue weighted by Crippen LogP contribution is 2.26. The van der Waals surface area contributed by atoms with Gasteiger partial charge in [0.2, 0.25) is 0 Å². The number of hydrogen-bond acceptors (Lipinski definition) is 6. The summed E-state index contributed by atoms with van der Waals surface area (Å²) in [6.45, 7) is 4.81. The number of nitro benzene ring substituents is 1. The van der Waals surface area contributed by atoms with Gasteiger partial charge in [-0.05, 0) is 25.5 Å². The van der Waals surface area contributed by atoms with Gasteiger partial charge in [0.05, 0.1) is 4.92 Å². The minimum Gasteiger partial charge on any atom is -0.484 e. The first kappa shape index (κ1) is 17.1. The van der Waals surface area contributed by atoms with Crippen LogP contribution in [-0.2, 0) is 0 Å². The van der Waals surface area contributed by atoms with Crippen molar-refractivity contribution < 1.29 is 14.8 Å². The standard InChI is InChI=1S/C17H25N3O4/c21-15(13-24-17-7-2-1-6-16(17)20(22)23)12-18-9-10-19-8-4-3-5-14(19)11-18/h1-2,6-7,14-15,21H,3-5,8-13H2/t14-,15-/m1/s1. The molecule has 0 aromatic heterocycles. The highest BCUT2D eigenvalue weighted by atomic mass is 16.6. The molecular weight excluding hydrogens is 310 g/mol. The molecule has 3 rings (SSSR count). The van der Waals surface area contributed by atoms with Gasteiger partial charge in [-0.2, -0.15) is 0 Å². The van der Waals surface area contributed by atoms with E-state index in [2.05, 4.69) is 9.80 Å². The second-order valence-corrected chi connectivity index (χ2v) is 6.63. The number of piperazine rings is 1. The summed E-state index contributed by atoms with van der Waals surface area (Å²) < 4.78 is 5.48. The molecule has 0 aliphatic carbocycles. The minimum atomic E-state index is -0.653. The lowest BCUT2D eigenvalue weighted by atomic mass is 9.99. The van der Waals surface area contributed by atoms with Crippen LogP contribution in [0.25, 0.3) is 0 Å². The molecular formula is C17H25N3O4. The van der Waals surface area contributed by atoms with Crippen LogP contribution >= 0.6 is 0 Å². The van der Waals surface area contributed by atoms with Crippen LogP contribution in [0.3, 0.4) is 0 Å². The number of ether oxygens (including phenoxy) is 1. The first-order chi connectivity index (χ1) is 11.6. The maximum Gasteiger partial charge on any atom is 0.310 e. The molecule has 0 bridgehead atoms. The zero-order valence-electron chi connectivity index (χ0n) is 13.8. The van der Waals surface area contributed by atoms with Crippen LogP contribution in [0.5, 0.6) is 5.75 Å². The second-order valence-electron chi connectivity index (χ2n) is 6.63. The summed E-state index contributed by atoms with van der Waals surface area (Å²) in [7, 11) is 0. The Kier molecular flexibility index (Phi) is 5.65. The third-order valence-corrected chi connectivity index (χ3v) is 4.88. The van der Waals surface area contributed by atoms with Crippen molar-refractivity contribution in [3.05, 3.63) is 34.4 Å². The van der Waals surface area contributed by atoms with E-state index >= 15 is 0 Å². The van der Waals surface area contributed by atoms with Gasteiger partial charge in [0.25, 0.3) is 0 Å². The molecule has 2 saturated heterocycles. The Morgan fingerprint density at radius 2 is 2.12 bits per heavy atom. The Bertz CT molecular complexity index is 569. The van der Waals surface area contributed by atoms with Crippen LogP contribution in [0.4, 0.5) is 5.69 Å². The van der Waals surface area contributed by atoms with Crippen LogP contribution in [0.1, 0.15) is 19.3 Å². The molecule has 24 heavy (non-hydrogen) atoms. The Balaban J connectivity index is 1.48. The lowest BCUT2D eigenvalue weighted by molar-refractivity contribution is -0.385. The molecule has 7 heteroatoms. The average Bonchev–Trinajstić information content (AvgIpc) is 2.60. The van der Waals surface area contributed by atoms with E-state index in [0.29, 0.717) is 12.6 Å². The quantitative estimate of drug-likeness (QED) is 0.627. The van der Waals surface area contributed by atoms with Gasteiger partial charge in [0.15, 0.2) is 5.75 Å². The second kappa shape index (κ2) is 7.92. The number of β-amino-alcohol motifs (C(OH)–C–C–N with tert-alkyl or cyclic N) is 1. The summed E-state index contributed by atoms with van der Waals surface area (Å²) in [4.78, 5) is 15.3. The van der Waals surface area contributed by atoms with E-state index in [4.69, 9.17) is 4.74 Å². The van der Waals surface area contributed by atoms with E-state index in [0.717, 1.165) is 19.6 Å². The van der Waals surface area contributed by atoms with E-state index in [1.165, 1.54) is 31.9 Å². The zero-order valence-corrected chi connectivity index (χ0v) is 13.8. The van der Waals surface area contributed by atoms with Crippen molar-refractivity contribution in [3.8, 4) is 5.75 Å². The van der Waals surface area contributed by atoms with Crippen LogP contribution in [0.2, 0.25) is 0 Å². The summed E-state index contributed by atoms with van der Waals surface area (Å²) in [6, 6.07) is 6.87. The first-order valence-corrected chi connectivity index (χ1v) is 8.64. The van der Waals surface area contributed by atoms with Crippen molar-refractivity contribution in [2.75, 3.05) is 39.3 Å². The molecule has 2 aliphatic heterocycles. The molecule has 2 atom stereocenters. The molecule has 0 saturated carbocycles. The first-order valence-electron chi connectivity index (χ1n) is 8.64. The molecule has 0 amide bonds. The SMILES string of the molecule is O=[N+]([O-])c1ccccc1OC[C@H](O)CN1CCN2CCCC[C@@H]2C1. The van der Waals surface area contributed by atoms with E-state index in [9.17, 15) is 15.2 Å². The van der Waals surface area contributed by atoms with Gasteiger partial charge < -0.3 is 9.84 Å². The molecule has 0 spiro atoms. The highest BCUT2D eigenvalue weighted by molar-refractivity contribution is 5.45. The highest BCUT2D eigenvalue weighted by Gasteiger charge is 2.29. The lowest BCUT2D eigenvalue weighted by Gasteiger charge is -2.44. The number of nitro groups is 1. The van der Waals surface area contributed by atoms with Crippen LogP contribution in [0, 0.1) is 10.1 Å². The number of fused-ring (bicyclic) bond motifs is 1. The summed E-state index contributed by atoms with van der Waals surface area (Å²) in [5, 5.41) is 21.2. The molecule has 0 radical (unpaired) electrons. The van der Waals surface area contributed by atoms with Crippen LogP contribution < -0.4 is 4.74 Å². The van der Waals surface area contributed by atoms with Gasteiger partial charge in [0.1, 0.15) is 12.7 Å². The smallest absolute Gasteiger partial charge is 0.310 e. The van der Waals surface area contributed by atoms with Gasteiger partial charge in [-0.1, -0.05) is 18.6 Å². The molecule has 2 fully saturated rings. The van der Waals surface area contributed by atoms with Crippen molar-refractivity contribution in [2.45, 2.75) is 31.4 Å². The molecule has 2 heterocycles. The van der Waals surface area contributed by atoms with Gasteiger partial charge in [-0.3, -0.25) is 19.9 Å². The van der Waals surface area contributed by atoms with Crippen molar-refractivity contribution in [3.63, 3.8) is 0 Å². The summed E-state index contributed by atoms with van der Waals surface area (Å²) >= 11 is 0. The molecule has 1 aromatic rings. The number of piperidine rings is 1. The Labute approximate surface area is 142 Å². The predicted molar refractivity (Wildman–Crippen MR) is 90.3 cm³/mol. The van der Waals surface area contributed by atoms with Crippen molar-refractivity contribution in [2.24, 2.45) is 0 Å². The van der Waals surface area contributed by atoms with Crippen molar-refractivity contribution in [1.82, 2.24) is 9.80 Å². The third-order valence-electron chi connectivity index (χ3n) is 4.88. The van der Waals surface area contributed by atoms with Gasteiger partial charge in [-0.25, -0.2) is 0 Å². The predicted octanol–water partition coefficient (Wildman–Crippen LogP) is 1.50. The normalized spacial score (nSPS) is 23.5. The monoisotopic (exact) mass is 335 g/mol. The molecule has 2 aliphatic rings. The minimum absolute atomic E-state index is 0.0652. The number of hydrogen-bond donors (Lipinski definition) is 1. The zero-order chi connectivity index (χ0) is 16.9. The maximum atomic E-state index is 11.0. The maximum absolute atomic E-state index is 11.0. The Hall–Kier alpha value is -1.70. The summed E-state index contributed by atoms with van der Waals surface area (Å²) in [5.41, 5.74) is -0.0690. The molecule has 1 N–H and O–H groups in total. The van der Waals surface area contributed by atoms with E-state index in [1.54, 1.807) is 18.2 Å². The van der Waals surface area contributed by atoms with Gasteiger partial charge >= 0.3 is 5.69 Å². The van der Waals surface area contributed by atoms with Crippen LogP contribution in [0.15, 0.2) is 24.3 Å². The van der Waals surface area contributed by atoms with E-state index in [-0.39, 0.29) is 18.0 Å². The molecule has 1 aromatic carbocycles. The van der Waals surface area contributed by atoms with Crippen molar-refractivity contribution in [1.29, 1.82) is 0 Å². The average molecular weight is 335 g/mol. The van der Waals surface area contributed by atoms with Crippen LogP contribution in [-0.4, -0.2) is 71.3 Å². The number of benzene rings is 1. The number of rotatable bonds is 6. The topological polar surface area (TPSA) is 79.1 Å². The molecule has 7 nitrogen and oxygen atoms in total. The van der Waals surface area contributed by atoms with E-state index < -0.39 is 11.0 Å². The number of aliphatic hydroxyl groups excluding tert-OH is 1. The number of para-hydroxylation sites is 2. The largest absolute Gasteiger partial charge is 0.484 e.